The van der Waals surface area contributed by atoms with Gasteiger partial charge in [0.15, 0.2) is 0 Å². The molecule has 0 aromatic heterocycles. The Morgan fingerprint density at radius 1 is 0.750 bits per heavy atom. The van der Waals surface area contributed by atoms with Crippen LogP contribution < -0.4 is 0 Å². The summed E-state index contributed by atoms with van der Waals surface area (Å²) in [6, 6.07) is 12.5. The van der Waals surface area contributed by atoms with E-state index in [-0.39, 0.29) is 0 Å². The van der Waals surface area contributed by atoms with Crippen LogP contribution in [-0.2, 0) is 0 Å². The van der Waals surface area contributed by atoms with Gasteiger partial charge < -0.3 is 0 Å². The van der Waals surface area contributed by atoms with E-state index in [0.717, 1.165) is 26.2 Å². The monoisotopic (exact) mass is 400 g/mol. The van der Waals surface area contributed by atoms with Crippen LogP contribution in [0.2, 0.25) is 20.1 Å². The van der Waals surface area contributed by atoms with E-state index in [9.17, 15) is 0 Å². The van der Waals surface area contributed by atoms with Crippen molar-refractivity contribution in [2.24, 2.45) is 0 Å². The van der Waals surface area contributed by atoms with Crippen LogP contribution >= 0.6 is 46.4 Å². The number of nitrogens with zero attached hydrogens (tertiary/aromatic N) is 2. The van der Waals surface area contributed by atoms with Crippen molar-refractivity contribution >= 4 is 46.4 Å². The molecule has 4 atom stereocenters. The maximum Gasteiger partial charge on any atom is 0.0595 e. The highest BCUT2D eigenvalue weighted by atomic mass is 35.5. The zero-order chi connectivity index (χ0) is 16.8. The topological polar surface area (TPSA) is 6.48 Å². The first-order chi connectivity index (χ1) is 11.5. The van der Waals surface area contributed by atoms with Gasteiger partial charge in [-0.3, -0.25) is 9.80 Å². The van der Waals surface area contributed by atoms with E-state index < -0.39 is 0 Å². The van der Waals surface area contributed by atoms with Gasteiger partial charge in [-0.1, -0.05) is 58.5 Å². The number of hydrogen-bond acceptors (Lipinski definition) is 2. The molecule has 0 amide bonds. The highest BCUT2D eigenvalue weighted by Gasteiger charge is 2.40. The molecule has 2 fully saturated rings. The van der Waals surface area contributed by atoms with Crippen LogP contribution in [0.5, 0.6) is 0 Å². The first-order valence-electron chi connectivity index (χ1n) is 7.91. The summed E-state index contributed by atoms with van der Waals surface area (Å²) in [6.07, 6.45) is 1.08. The molecule has 2 aliphatic heterocycles. The first-order valence-corrected chi connectivity index (χ1v) is 9.42. The highest BCUT2D eigenvalue weighted by Crippen LogP contribution is 2.43. The summed E-state index contributed by atoms with van der Waals surface area (Å²) in [5.41, 5.74) is 2.43. The van der Waals surface area contributed by atoms with Gasteiger partial charge in [0.2, 0.25) is 0 Å². The van der Waals surface area contributed by atoms with Gasteiger partial charge in [0, 0.05) is 25.2 Å². The molecule has 0 radical (unpaired) electrons. The SMILES string of the molecule is Clc1ccc(C2CCN3CC(c4ccc(Cl)c(Cl)c4)N2C3)cc1Cl. The number of benzene rings is 2. The molecule has 0 spiro atoms. The second-order valence-corrected chi connectivity index (χ2v) is 8.03. The lowest BCUT2D eigenvalue weighted by Crippen LogP contribution is -2.37. The fourth-order valence-electron chi connectivity index (χ4n) is 3.78. The Balaban J connectivity index is 1.68. The molecular weight excluding hydrogens is 386 g/mol. The molecule has 24 heavy (non-hydrogen) atoms. The van der Waals surface area contributed by atoms with E-state index in [2.05, 4.69) is 21.9 Å². The molecule has 6 heteroatoms. The number of hydrogen-bond donors (Lipinski definition) is 0. The smallest absolute Gasteiger partial charge is 0.0595 e. The Hall–Kier alpha value is -0.480. The van der Waals surface area contributed by atoms with E-state index in [1.54, 1.807) is 0 Å². The number of fused-ring (bicyclic) bond motifs is 2. The van der Waals surface area contributed by atoms with Crippen molar-refractivity contribution in [3.63, 3.8) is 0 Å². The Morgan fingerprint density at radius 2 is 1.33 bits per heavy atom. The maximum atomic E-state index is 6.23. The highest BCUT2D eigenvalue weighted by molar-refractivity contribution is 6.42. The molecule has 126 valence electrons. The molecule has 4 rings (SSSR count). The normalized spacial score (nSPS) is 29.0. The van der Waals surface area contributed by atoms with Crippen LogP contribution in [0.25, 0.3) is 0 Å². The molecule has 2 aromatic carbocycles. The molecule has 2 bridgehead atoms. The lowest BCUT2D eigenvalue weighted by Gasteiger charge is -2.36. The standard InChI is InChI=1S/C18H16Cl4N2/c19-13-3-1-11(7-15(13)21)17-5-6-23-9-18(24(17)10-23)12-2-4-14(20)16(22)8-12/h1-4,7-8,17-18H,5-6,9-10H2. The van der Waals surface area contributed by atoms with E-state index in [0.29, 0.717) is 32.2 Å². The second-order valence-electron chi connectivity index (χ2n) is 6.40. The van der Waals surface area contributed by atoms with Gasteiger partial charge in [0.25, 0.3) is 0 Å². The van der Waals surface area contributed by atoms with E-state index >= 15 is 0 Å². The molecular formula is C18H16Cl4N2. The molecule has 2 nitrogen and oxygen atoms in total. The van der Waals surface area contributed by atoms with Crippen LogP contribution in [0, 0.1) is 0 Å². The van der Waals surface area contributed by atoms with Gasteiger partial charge in [-0.25, -0.2) is 0 Å². The minimum absolute atomic E-state index is 0.307. The summed E-state index contributed by atoms with van der Waals surface area (Å²) < 4.78 is 0. The Bertz CT molecular complexity index is 726. The maximum absolute atomic E-state index is 6.23. The van der Waals surface area contributed by atoms with Crippen LogP contribution in [0.3, 0.4) is 0 Å². The largest absolute Gasteiger partial charge is 0.288 e. The average Bonchev–Trinajstić information content (AvgIpc) is 2.90. The molecule has 0 N–H and O–H groups in total. The van der Waals surface area contributed by atoms with Crippen molar-refractivity contribution < 1.29 is 0 Å². The Kier molecular flexibility index (Phi) is 4.72. The molecule has 2 aromatic rings. The van der Waals surface area contributed by atoms with Gasteiger partial charge in [-0.2, -0.15) is 0 Å². The van der Waals surface area contributed by atoms with Crippen molar-refractivity contribution in [3.05, 3.63) is 67.6 Å². The summed E-state index contributed by atoms with van der Waals surface area (Å²) in [4.78, 5) is 4.99. The average molecular weight is 402 g/mol. The quantitative estimate of drug-likeness (QED) is 0.603. The summed E-state index contributed by atoms with van der Waals surface area (Å²) in [7, 11) is 0. The zero-order valence-corrected chi connectivity index (χ0v) is 15.9. The number of rotatable bonds is 2. The summed E-state index contributed by atoms with van der Waals surface area (Å²) in [5.74, 6) is 0. The molecule has 2 aliphatic rings. The summed E-state index contributed by atoms with van der Waals surface area (Å²) in [6.45, 7) is 3.05. The van der Waals surface area contributed by atoms with Gasteiger partial charge in [0.1, 0.15) is 0 Å². The van der Waals surface area contributed by atoms with Crippen molar-refractivity contribution in [2.45, 2.75) is 18.5 Å². The third kappa shape index (κ3) is 3.05. The van der Waals surface area contributed by atoms with E-state index in [4.69, 9.17) is 46.4 Å². The van der Waals surface area contributed by atoms with Gasteiger partial charge in [-0.05, 0) is 41.8 Å². The number of halogens is 4. The molecule has 0 saturated carbocycles. The fourth-order valence-corrected chi connectivity index (χ4v) is 4.39. The second kappa shape index (κ2) is 6.68. The zero-order valence-electron chi connectivity index (χ0n) is 12.9. The third-order valence-corrected chi connectivity index (χ3v) is 6.45. The van der Waals surface area contributed by atoms with E-state index in [1.807, 2.05) is 24.3 Å². The van der Waals surface area contributed by atoms with Gasteiger partial charge in [-0.15, -0.1) is 0 Å². The van der Waals surface area contributed by atoms with Crippen molar-refractivity contribution in [3.8, 4) is 0 Å². The van der Waals surface area contributed by atoms with Crippen molar-refractivity contribution in [1.29, 1.82) is 0 Å². The van der Waals surface area contributed by atoms with Crippen LogP contribution in [0.4, 0.5) is 0 Å². The Labute approximate surface area is 161 Å². The van der Waals surface area contributed by atoms with Gasteiger partial charge >= 0.3 is 0 Å². The lowest BCUT2D eigenvalue weighted by atomic mass is 9.98. The minimum Gasteiger partial charge on any atom is -0.288 e. The summed E-state index contributed by atoms with van der Waals surface area (Å²) in [5, 5.41) is 2.41. The van der Waals surface area contributed by atoms with Crippen molar-refractivity contribution in [2.75, 3.05) is 19.8 Å². The summed E-state index contributed by atoms with van der Waals surface area (Å²) >= 11 is 24.6. The van der Waals surface area contributed by atoms with Crippen LogP contribution in [0.1, 0.15) is 29.6 Å². The Morgan fingerprint density at radius 3 is 1.92 bits per heavy atom. The minimum atomic E-state index is 0.307. The fraction of sp³-hybridized carbons (Fsp3) is 0.333. The third-order valence-electron chi connectivity index (χ3n) is 4.97. The molecule has 2 saturated heterocycles. The first kappa shape index (κ1) is 17.0. The molecule has 4 unspecified atom stereocenters. The van der Waals surface area contributed by atoms with Crippen LogP contribution in [-0.4, -0.2) is 29.6 Å². The van der Waals surface area contributed by atoms with E-state index in [1.165, 1.54) is 11.1 Å². The predicted molar refractivity (Wildman–Crippen MR) is 101 cm³/mol. The lowest BCUT2D eigenvalue weighted by molar-refractivity contribution is 0.107. The van der Waals surface area contributed by atoms with Gasteiger partial charge in [0.05, 0.1) is 26.8 Å². The molecule has 0 aliphatic carbocycles. The molecule has 2 heterocycles. The van der Waals surface area contributed by atoms with Crippen molar-refractivity contribution in [1.82, 2.24) is 9.80 Å². The predicted octanol–water partition coefficient (Wildman–Crippen LogP) is 6.06. The van der Waals surface area contributed by atoms with Crippen LogP contribution in [0.15, 0.2) is 36.4 Å².